The molecule has 2 aromatic rings. The van der Waals surface area contributed by atoms with Crippen LogP contribution in [-0.2, 0) is 109 Å². The normalized spacial score (nSPS) is 15.3. The Morgan fingerprint density at radius 1 is 0.496 bits per heavy atom. The van der Waals surface area contributed by atoms with Gasteiger partial charge in [0.25, 0.3) is 0 Å². The van der Waals surface area contributed by atoms with E-state index in [0.717, 1.165) is 0 Å². The van der Waals surface area contributed by atoms with E-state index in [1.54, 1.807) is 60.7 Å². The molecule has 1 unspecified atom stereocenters. The molecule has 0 aliphatic carbocycles. The molecule has 117 heavy (non-hydrogen) atoms. The number of hydrogen-bond donors (Lipinski definition) is 26. The lowest BCUT2D eigenvalue weighted by Gasteiger charge is -2.28. The van der Waals surface area contributed by atoms with Crippen LogP contribution in [0.25, 0.3) is 0 Å². The lowest BCUT2D eigenvalue weighted by atomic mass is 10.0. The van der Waals surface area contributed by atoms with E-state index in [1.165, 1.54) is 20.8 Å². The zero-order chi connectivity index (χ0) is 88.6. The first-order valence-corrected chi connectivity index (χ1v) is 35.5. The first-order chi connectivity index (χ1) is 54.7. The van der Waals surface area contributed by atoms with Crippen LogP contribution in [0.5, 0.6) is 0 Å². The second-order valence-corrected chi connectivity index (χ2v) is 26.4. The number of aliphatic hydroxyl groups is 2. The molecule has 46 nitrogen and oxygen atoms in total. The second kappa shape index (κ2) is 50.1. The Labute approximate surface area is 662 Å². The number of carbonyl (C=O) groups excluding carboxylic acids is 15. The summed E-state index contributed by atoms with van der Waals surface area (Å²) >= 11 is 0. The van der Waals surface area contributed by atoms with Crippen LogP contribution in [0.15, 0.2) is 60.7 Å². The molecule has 0 radical (unpaired) electrons. The monoisotopic (exact) mass is 1670 g/mol. The van der Waals surface area contributed by atoms with E-state index < -0.39 is 274 Å². The van der Waals surface area contributed by atoms with Crippen LogP contribution in [0.2, 0.25) is 0 Å². The molecule has 1 saturated heterocycles. The van der Waals surface area contributed by atoms with E-state index in [0.29, 0.717) is 11.1 Å². The van der Waals surface area contributed by atoms with E-state index in [4.69, 9.17) is 32.5 Å². The highest BCUT2D eigenvalue weighted by Crippen LogP contribution is 2.15. The van der Waals surface area contributed by atoms with Crippen molar-refractivity contribution in [2.24, 2.45) is 23.1 Å². The summed E-state index contributed by atoms with van der Waals surface area (Å²) in [7, 11) is 0. The van der Waals surface area contributed by atoms with Gasteiger partial charge in [-0.15, -0.1) is 0 Å². The fourth-order valence-corrected chi connectivity index (χ4v) is 10.4. The molecule has 0 aromatic heterocycles. The highest BCUT2D eigenvalue weighted by molar-refractivity contribution is 6.02. The summed E-state index contributed by atoms with van der Waals surface area (Å²) in [5.41, 5.74) is 16.9. The number of alkyl halides is 3. The third kappa shape index (κ3) is 39.4. The molecule has 29 N–H and O–H groups in total. The number of carbonyl (C=O) groups is 20. The molecule has 1 aliphatic rings. The molecule has 3 rings (SSSR count). The Kier molecular flexibility index (Phi) is 42.8. The average molecular weight is 1670 g/mol. The van der Waals surface area contributed by atoms with Crippen LogP contribution < -0.4 is 97.0 Å². The molecule has 49 heteroatoms. The number of nitrogens with one attached hydrogen (secondary N) is 16. The minimum atomic E-state index is -5.08. The van der Waals surface area contributed by atoms with Crippen molar-refractivity contribution in [1.29, 1.82) is 5.41 Å². The third-order valence-electron chi connectivity index (χ3n) is 16.5. The van der Waals surface area contributed by atoms with Gasteiger partial charge >= 0.3 is 36.0 Å². The first kappa shape index (κ1) is 99.9. The number of guanidine groups is 1. The predicted molar refractivity (Wildman–Crippen MR) is 391 cm³/mol. The van der Waals surface area contributed by atoms with E-state index >= 15 is 0 Å². The molecule has 1 heterocycles. The van der Waals surface area contributed by atoms with Gasteiger partial charge in [-0.1, -0.05) is 74.5 Å². The van der Waals surface area contributed by atoms with Crippen molar-refractivity contribution in [2.75, 3.05) is 26.2 Å². The van der Waals surface area contributed by atoms with E-state index in [1.807, 2.05) is 10.6 Å². The molecular weight excluding hydrogens is 1570 g/mol. The minimum Gasteiger partial charge on any atom is -0.481 e. The summed E-state index contributed by atoms with van der Waals surface area (Å²) in [6.07, 6.45) is -14.0. The first-order valence-electron chi connectivity index (χ1n) is 35.5. The SMILES string of the molecule is CC(C)[C@H](NC(=O)CNC(=O)[C@@H]1CCC(=O)N1)C(=O)N[C@@H](CC(N)=O)C(=O)N[C@@H](CC(=O)O)C(=O)N[C@@H](CC(N)=O)C(=O)N[C@@H](CCC(=O)O)C(=O)N[C@@H](CCC(=O)O)C(=O)NCC(=O)N[C@@H](Cc1ccccc1)C(=O)N[C@@H](Cc1ccccc1)C(=O)N[C@@H](CO)C(=O)N[C@@H](C)C(O)N[C@@H](CCCNC(=N)N)C(=O)O.O=C(O)C(F)(F)F. The molecule has 0 spiro atoms. The number of nitrogens with two attached hydrogens (primary N) is 3. The molecule has 646 valence electrons. The number of aliphatic hydroxyl groups excluding tert-OH is 2. The van der Waals surface area contributed by atoms with Gasteiger partial charge < -0.3 is 127 Å². The van der Waals surface area contributed by atoms with Crippen LogP contribution in [0.3, 0.4) is 0 Å². The molecule has 15 amide bonds. The maximum atomic E-state index is 14.4. The van der Waals surface area contributed by atoms with Gasteiger partial charge in [0.1, 0.15) is 72.7 Å². The lowest BCUT2D eigenvalue weighted by Crippen LogP contribution is -2.61. The number of carboxylic acids is 5. The van der Waals surface area contributed by atoms with Crippen molar-refractivity contribution >= 4 is 124 Å². The minimum absolute atomic E-state index is 0.0536. The van der Waals surface area contributed by atoms with Gasteiger partial charge in [0.2, 0.25) is 88.6 Å². The lowest BCUT2D eigenvalue weighted by molar-refractivity contribution is -0.192. The van der Waals surface area contributed by atoms with Crippen molar-refractivity contribution in [3.05, 3.63) is 71.8 Å². The number of benzene rings is 2. The summed E-state index contributed by atoms with van der Waals surface area (Å²) in [5, 5.41) is 109. The van der Waals surface area contributed by atoms with Crippen molar-refractivity contribution in [2.45, 2.75) is 189 Å². The fraction of sp³-hybridized carbons (Fsp3) is 0.515. The van der Waals surface area contributed by atoms with Gasteiger partial charge in [-0.05, 0) is 56.1 Å². The molecule has 2 aromatic carbocycles. The number of hydrogen-bond acceptors (Lipinski definition) is 24. The summed E-state index contributed by atoms with van der Waals surface area (Å²) in [5.74, 6) is -27.5. The summed E-state index contributed by atoms with van der Waals surface area (Å²) < 4.78 is 31.7. The van der Waals surface area contributed by atoms with E-state index in [-0.39, 0.29) is 51.0 Å². The van der Waals surface area contributed by atoms with Crippen molar-refractivity contribution in [3.8, 4) is 0 Å². The van der Waals surface area contributed by atoms with Crippen LogP contribution in [-0.4, -0.2) is 271 Å². The van der Waals surface area contributed by atoms with Crippen molar-refractivity contribution in [3.63, 3.8) is 0 Å². The Bertz CT molecular complexity index is 3880. The maximum absolute atomic E-state index is 14.4. The van der Waals surface area contributed by atoms with Crippen LogP contribution in [0.1, 0.15) is 103 Å². The van der Waals surface area contributed by atoms with Gasteiger partial charge in [0.15, 0.2) is 5.96 Å². The summed E-state index contributed by atoms with van der Waals surface area (Å²) in [6.45, 7) is 1.54. The van der Waals surface area contributed by atoms with Gasteiger partial charge in [-0.25, -0.2) is 4.79 Å². The van der Waals surface area contributed by atoms with Gasteiger partial charge in [0.05, 0.1) is 45.0 Å². The fourth-order valence-electron chi connectivity index (χ4n) is 10.4. The van der Waals surface area contributed by atoms with Crippen LogP contribution in [0, 0.1) is 11.3 Å². The predicted octanol–water partition coefficient (Wildman–Crippen LogP) is -9.29. The number of primary amides is 2. The van der Waals surface area contributed by atoms with E-state index in [9.17, 15) is 135 Å². The van der Waals surface area contributed by atoms with Crippen molar-refractivity contribution < 1.29 is 145 Å². The molecule has 1 fully saturated rings. The number of amides is 15. The Morgan fingerprint density at radius 2 is 0.897 bits per heavy atom. The highest BCUT2D eigenvalue weighted by atomic mass is 19.4. The van der Waals surface area contributed by atoms with Gasteiger partial charge in [-0.2, -0.15) is 13.2 Å². The Hall–Kier alpha value is -13.2. The van der Waals surface area contributed by atoms with Crippen molar-refractivity contribution in [1.82, 2.24) is 79.8 Å². The quantitative estimate of drug-likeness (QED) is 0.0127. The van der Waals surface area contributed by atoms with Crippen LogP contribution in [0.4, 0.5) is 13.2 Å². The number of aliphatic carboxylic acids is 5. The van der Waals surface area contributed by atoms with E-state index in [2.05, 4.69) is 69.1 Å². The van der Waals surface area contributed by atoms with Crippen LogP contribution >= 0.6 is 0 Å². The average Bonchev–Trinajstić information content (AvgIpc) is 1.69. The van der Waals surface area contributed by atoms with Gasteiger partial charge in [0, 0.05) is 38.6 Å². The Balaban J connectivity index is 0.00000631. The zero-order valence-electron chi connectivity index (χ0n) is 63.0. The number of rotatable bonds is 50. The zero-order valence-corrected chi connectivity index (χ0v) is 63.0. The third-order valence-corrected chi connectivity index (χ3v) is 16.5. The molecule has 0 saturated carbocycles. The largest absolute Gasteiger partial charge is 0.490 e. The standard InChI is InChI=1S/C66H95N19O25.C2HF3O2/c1-31(2)53(85-49(91)29-73-55(99)35-16-19-47(89)75-35)64(108)83-42(26-46(68)88)61(105)82-43(27-52(96)97)62(106)81-41(25-45(67)87)60(104)78-37(18-21-51(94)95)57(101)77-36(17-20-50(92)93)56(100)72-28-48(90)76-39(23-33-11-6-4-7-12-33)58(102)80-40(24-34-13-8-5-9-14-34)59(103)84-44(30-86)63(107)74-32(3)54(98)79-38(65(109)110)15-10-22-71-66(69)70;3-2(4,5)1(6)7/h4-9,11-14,31-32,35-44,53-54,79,86,98H,10,15-30H2,1-3H3,(H2,67,87)(H2,68,88)(H,72,100)(H,73,99)(H,74,107)(H,75,89)(H,76,90)(H,77,101)(H,78,104)(H,80,102)(H,81,106)(H,82,105)(H,83,108)(H,84,103)(H,85,91)(H,92,93)(H,94,95)(H,96,97)(H,109,110)(H4,69,70,71);(H,6,7)/t32-,35-,36-,37-,38-,39-,40-,41-,42-,43-,44-,53-,54?;/m0./s1. The highest BCUT2D eigenvalue weighted by Gasteiger charge is 2.40. The second-order valence-electron chi connectivity index (χ2n) is 26.4. The molecule has 13 atom stereocenters. The molecule has 1 aliphatic heterocycles. The molecule has 0 bridgehead atoms. The van der Waals surface area contributed by atoms with Gasteiger partial charge in [-0.3, -0.25) is 102 Å². The molecular formula is C68H96F3N19O27. The maximum Gasteiger partial charge on any atom is 0.490 e. The number of carboxylic acid groups (broad SMARTS) is 5. The number of halogens is 3. The smallest absolute Gasteiger partial charge is 0.481 e. The summed E-state index contributed by atoms with van der Waals surface area (Å²) in [6, 6.07) is -4.55. The topological polar surface area (TPSA) is 765 Å². The Morgan fingerprint density at radius 3 is 1.32 bits per heavy atom. The summed E-state index contributed by atoms with van der Waals surface area (Å²) in [4.78, 5) is 258.